The minimum Gasteiger partial charge on any atom is -0.324 e. The molecule has 0 saturated heterocycles. The van der Waals surface area contributed by atoms with E-state index in [0.717, 1.165) is 46.4 Å². The van der Waals surface area contributed by atoms with E-state index in [4.69, 9.17) is 15.0 Å². The Morgan fingerprint density at radius 3 is 0.929 bits per heavy atom. The van der Waals surface area contributed by atoms with E-state index in [2.05, 4.69) is 131 Å². The molecule has 0 fully saturated rings. The summed E-state index contributed by atoms with van der Waals surface area (Å²) in [7, 11) is 0. The van der Waals surface area contributed by atoms with Crippen LogP contribution in [0.2, 0.25) is 0 Å². The van der Waals surface area contributed by atoms with E-state index >= 15 is 0 Å². The number of nitrogens with zero attached hydrogens (tertiary/aromatic N) is 3. The summed E-state index contributed by atoms with van der Waals surface area (Å²) in [6, 6.07) is 18.3. The van der Waals surface area contributed by atoms with Crippen molar-refractivity contribution in [2.24, 2.45) is 0 Å². The number of hydrogen-bond acceptors (Lipinski definition) is 11. The Bertz CT molecular complexity index is 1790. The first-order valence-electron chi connectivity index (χ1n) is 28.0. The normalized spacial score (nSPS) is 11.5. The predicted molar refractivity (Wildman–Crippen MR) is 323 cm³/mol. The summed E-state index contributed by atoms with van der Waals surface area (Å²) in [5, 5.41) is 7.57. The number of aryl methyl sites for hydroxylation is 1. The van der Waals surface area contributed by atoms with Gasteiger partial charge in [0, 0.05) is 46.3 Å². The van der Waals surface area contributed by atoms with E-state index in [1.807, 2.05) is 47.0 Å². The first kappa shape index (κ1) is 60.9. The Labute approximate surface area is 454 Å². The van der Waals surface area contributed by atoms with Gasteiger partial charge in [-0.2, -0.15) is 15.0 Å². The molecule has 0 spiro atoms. The molecule has 2 N–H and O–H groups in total. The molecule has 11 heteroatoms. The number of anilines is 4. The molecule has 4 aromatic rings. The van der Waals surface area contributed by atoms with E-state index in [9.17, 15) is 0 Å². The van der Waals surface area contributed by atoms with Crippen LogP contribution in [0.1, 0.15) is 208 Å². The number of rotatable bonds is 42. The number of aromatic nitrogens is 3. The molecule has 3 aromatic carbocycles. The molecule has 4 rings (SSSR count). The van der Waals surface area contributed by atoms with Crippen LogP contribution >= 0.6 is 70.6 Å². The average Bonchev–Trinajstić information content (AvgIpc) is 3.37. The summed E-state index contributed by atoms with van der Waals surface area (Å²) in [6.07, 6.45) is 31.7. The zero-order valence-electron chi connectivity index (χ0n) is 44.8. The Morgan fingerprint density at radius 1 is 0.343 bits per heavy atom. The summed E-state index contributed by atoms with van der Waals surface area (Å²) < 4.78 is 0. The quantitative estimate of drug-likeness (QED) is 0.0330. The summed E-state index contributed by atoms with van der Waals surface area (Å²) in [6.45, 7) is 16.0. The molecule has 0 unspecified atom stereocenters. The maximum absolute atomic E-state index is 5.20. The molecule has 1 heterocycles. The molecule has 0 aliphatic rings. The summed E-state index contributed by atoms with van der Waals surface area (Å²) in [5.41, 5.74) is 4.40. The minimum atomic E-state index is 0.570. The zero-order valence-corrected chi connectivity index (χ0v) is 49.7. The highest BCUT2D eigenvalue weighted by Gasteiger charge is 2.18. The van der Waals surface area contributed by atoms with E-state index < -0.39 is 0 Å². The van der Waals surface area contributed by atoms with Crippen LogP contribution < -0.4 is 10.6 Å². The third kappa shape index (κ3) is 24.1. The molecule has 0 aliphatic heterocycles. The maximum Gasteiger partial charge on any atom is 0.232 e. The van der Waals surface area contributed by atoms with Crippen molar-refractivity contribution in [3.63, 3.8) is 0 Å². The summed E-state index contributed by atoms with van der Waals surface area (Å²) in [5.74, 6) is 8.70. The minimum absolute atomic E-state index is 0.570. The van der Waals surface area contributed by atoms with Crippen molar-refractivity contribution in [2.45, 2.75) is 238 Å². The van der Waals surface area contributed by atoms with Crippen molar-refractivity contribution in [3.8, 4) is 11.4 Å². The SMILES string of the molecule is CCCCCCSc1cc(Nc2nc(Nc3cc(SCCCCCC)c(SCCCCCC)c(SCCCCCC)c3)nc(-c3ccc(CC)cc3)n2)cc(SCCCCCC)c1SCCCCCC. The Hall–Kier alpha value is -1.63. The lowest BCUT2D eigenvalue weighted by Gasteiger charge is -2.18. The van der Waals surface area contributed by atoms with Crippen LogP contribution in [0.4, 0.5) is 23.3 Å². The lowest BCUT2D eigenvalue weighted by Crippen LogP contribution is -2.06. The van der Waals surface area contributed by atoms with Gasteiger partial charge in [0.2, 0.25) is 11.9 Å². The largest absolute Gasteiger partial charge is 0.324 e. The van der Waals surface area contributed by atoms with Crippen LogP contribution in [0.5, 0.6) is 0 Å². The summed E-state index contributed by atoms with van der Waals surface area (Å²) >= 11 is 12.3. The first-order chi connectivity index (χ1) is 34.5. The van der Waals surface area contributed by atoms with Gasteiger partial charge in [0.15, 0.2) is 5.82 Å². The third-order valence-corrected chi connectivity index (χ3v) is 19.8. The van der Waals surface area contributed by atoms with Gasteiger partial charge in [-0.25, -0.2) is 0 Å². The Balaban J connectivity index is 1.80. The second kappa shape index (κ2) is 38.9. The third-order valence-electron chi connectivity index (χ3n) is 12.3. The number of benzene rings is 3. The standard InChI is InChI=1S/C59H93N5S6/c1-8-15-21-27-37-65-51-43-49(44-52(66-38-28-22-16-9-2)55(51)69-41-31-25-19-12-5)60-58-62-57(48-35-33-47(14-7)34-36-48)63-59(64-58)61-50-45-53(67-39-29-23-17-10-3)56(70-42-32-26-20-13-6)54(46-50)68-40-30-24-18-11-4/h33-36,43-46H,8-32,37-42H2,1-7H3,(H2,60,61,62,63,64). The van der Waals surface area contributed by atoms with Crippen LogP contribution in [0, 0.1) is 0 Å². The highest BCUT2D eigenvalue weighted by atomic mass is 32.2. The van der Waals surface area contributed by atoms with Crippen LogP contribution in [0.15, 0.2) is 77.9 Å². The second-order valence-electron chi connectivity index (χ2n) is 18.7. The number of unbranched alkanes of at least 4 members (excludes halogenated alkanes) is 18. The predicted octanol–water partition coefficient (Wildman–Crippen LogP) is 21.6. The molecule has 0 amide bonds. The second-order valence-corrected chi connectivity index (χ2v) is 25.4. The molecule has 0 radical (unpaired) electrons. The monoisotopic (exact) mass is 1060 g/mol. The highest BCUT2D eigenvalue weighted by Crippen LogP contribution is 2.44. The van der Waals surface area contributed by atoms with E-state index in [1.54, 1.807) is 0 Å². The van der Waals surface area contributed by atoms with Crippen LogP contribution in [-0.4, -0.2) is 49.5 Å². The topological polar surface area (TPSA) is 62.7 Å². The molecular weight excluding hydrogens is 971 g/mol. The number of hydrogen-bond donors (Lipinski definition) is 2. The van der Waals surface area contributed by atoms with Crippen molar-refractivity contribution in [2.75, 3.05) is 45.2 Å². The van der Waals surface area contributed by atoms with Gasteiger partial charge in [0.05, 0.1) is 0 Å². The van der Waals surface area contributed by atoms with E-state index in [-0.39, 0.29) is 0 Å². The van der Waals surface area contributed by atoms with Gasteiger partial charge in [-0.15, -0.1) is 70.6 Å². The highest BCUT2D eigenvalue weighted by molar-refractivity contribution is 8.04. The van der Waals surface area contributed by atoms with Gasteiger partial charge in [0.1, 0.15) is 0 Å². The molecule has 5 nitrogen and oxygen atoms in total. The van der Waals surface area contributed by atoms with Gasteiger partial charge < -0.3 is 10.6 Å². The zero-order chi connectivity index (χ0) is 49.9. The molecule has 0 bridgehead atoms. The van der Waals surface area contributed by atoms with E-state index in [1.165, 1.54) is 201 Å². The molecular formula is C59H93N5S6. The van der Waals surface area contributed by atoms with Crippen LogP contribution in [-0.2, 0) is 6.42 Å². The van der Waals surface area contributed by atoms with Gasteiger partial charge in [-0.05, 0) is 109 Å². The number of nitrogens with one attached hydrogen (secondary N) is 2. The van der Waals surface area contributed by atoms with E-state index in [0.29, 0.717) is 17.7 Å². The number of thioether (sulfide) groups is 6. The molecule has 0 aliphatic carbocycles. The van der Waals surface area contributed by atoms with Crippen molar-refractivity contribution in [1.82, 2.24) is 15.0 Å². The smallest absolute Gasteiger partial charge is 0.232 e. The van der Waals surface area contributed by atoms with Gasteiger partial charge >= 0.3 is 0 Å². The van der Waals surface area contributed by atoms with Gasteiger partial charge in [-0.3, -0.25) is 0 Å². The lowest BCUT2D eigenvalue weighted by atomic mass is 10.1. The van der Waals surface area contributed by atoms with Crippen LogP contribution in [0.3, 0.4) is 0 Å². The first-order valence-corrected chi connectivity index (χ1v) is 33.9. The van der Waals surface area contributed by atoms with Crippen molar-refractivity contribution < 1.29 is 0 Å². The average molecular weight is 1060 g/mol. The van der Waals surface area contributed by atoms with Gasteiger partial charge in [-0.1, -0.05) is 188 Å². The van der Waals surface area contributed by atoms with Crippen LogP contribution in [0.25, 0.3) is 11.4 Å². The summed E-state index contributed by atoms with van der Waals surface area (Å²) in [4.78, 5) is 24.1. The van der Waals surface area contributed by atoms with Crippen molar-refractivity contribution in [1.29, 1.82) is 0 Å². The maximum atomic E-state index is 5.20. The molecule has 390 valence electrons. The Morgan fingerprint density at radius 2 is 0.643 bits per heavy atom. The fourth-order valence-electron chi connectivity index (χ4n) is 8.03. The molecule has 70 heavy (non-hydrogen) atoms. The fraction of sp³-hybridized carbons (Fsp3) is 0.644. The van der Waals surface area contributed by atoms with Gasteiger partial charge in [0.25, 0.3) is 0 Å². The van der Waals surface area contributed by atoms with Crippen molar-refractivity contribution >= 4 is 93.8 Å². The Kier molecular flexibility index (Phi) is 33.8. The van der Waals surface area contributed by atoms with Crippen molar-refractivity contribution in [3.05, 3.63) is 54.1 Å². The molecule has 1 aromatic heterocycles. The molecule has 0 atom stereocenters. The fourth-order valence-corrected chi connectivity index (χ4v) is 15.6. The molecule has 0 saturated carbocycles. The lowest BCUT2D eigenvalue weighted by molar-refractivity contribution is 0.705.